The Morgan fingerprint density at radius 1 is 0.931 bits per heavy atom. The van der Waals surface area contributed by atoms with Crippen LogP contribution in [0, 0.1) is 12.8 Å². The number of hydrogen-bond acceptors (Lipinski definition) is 4. The molecular formula is C24H32N4O. The Balaban J connectivity index is 1.31. The molecule has 0 atom stereocenters. The van der Waals surface area contributed by atoms with Crippen LogP contribution < -0.4 is 10.2 Å². The Morgan fingerprint density at radius 3 is 2.31 bits per heavy atom. The van der Waals surface area contributed by atoms with Gasteiger partial charge in [0.15, 0.2) is 5.82 Å². The number of hydrogen-bond donors (Lipinski definition) is 1. The lowest BCUT2D eigenvalue weighted by molar-refractivity contribution is -0.126. The van der Waals surface area contributed by atoms with Crippen molar-refractivity contribution >= 4 is 11.7 Å². The highest BCUT2D eigenvalue weighted by Gasteiger charge is 2.27. The molecule has 1 saturated carbocycles. The van der Waals surface area contributed by atoms with Crippen LogP contribution >= 0.6 is 0 Å². The molecule has 2 fully saturated rings. The van der Waals surface area contributed by atoms with Crippen molar-refractivity contribution in [2.75, 3.05) is 18.0 Å². The van der Waals surface area contributed by atoms with Gasteiger partial charge in [-0.15, -0.1) is 10.2 Å². The fourth-order valence-electron chi connectivity index (χ4n) is 4.61. The van der Waals surface area contributed by atoms with E-state index >= 15 is 0 Å². The standard InChI is InChI=1S/C24H32N4O/c1-18-8-6-7-11-21(18)22-12-13-23(27-26-22)28-16-14-19(15-17-28)24(29)25-20-9-4-2-3-5-10-20/h6-8,11-13,19-20H,2-5,9-10,14-17H2,1H3,(H,25,29). The van der Waals surface area contributed by atoms with E-state index in [0.717, 1.165) is 55.8 Å². The Hall–Kier alpha value is -2.43. The average molecular weight is 393 g/mol. The monoisotopic (exact) mass is 392 g/mol. The van der Waals surface area contributed by atoms with Gasteiger partial charge < -0.3 is 10.2 Å². The van der Waals surface area contributed by atoms with Gasteiger partial charge in [0.1, 0.15) is 0 Å². The van der Waals surface area contributed by atoms with E-state index < -0.39 is 0 Å². The SMILES string of the molecule is Cc1ccccc1-c1ccc(N2CCC(C(=O)NC3CCCCCC3)CC2)nn1. The quantitative estimate of drug-likeness (QED) is 0.778. The topological polar surface area (TPSA) is 58.1 Å². The third-order valence-electron chi connectivity index (χ3n) is 6.46. The van der Waals surface area contributed by atoms with Gasteiger partial charge in [-0.05, 0) is 50.3 Å². The third kappa shape index (κ3) is 4.95. The van der Waals surface area contributed by atoms with Crippen molar-refractivity contribution in [3.63, 3.8) is 0 Å². The highest BCUT2D eigenvalue weighted by atomic mass is 16.1. The Morgan fingerprint density at radius 2 is 1.66 bits per heavy atom. The molecule has 1 aromatic carbocycles. The molecule has 2 heterocycles. The zero-order valence-electron chi connectivity index (χ0n) is 17.4. The van der Waals surface area contributed by atoms with Gasteiger partial charge in [-0.1, -0.05) is 49.9 Å². The summed E-state index contributed by atoms with van der Waals surface area (Å²) >= 11 is 0. The number of aryl methyl sites for hydroxylation is 1. The molecule has 0 bridgehead atoms. The fourth-order valence-corrected chi connectivity index (χ4v) is 4.61. The van der Waals surface area contributed by atoms with Gasteiger partial charge in [-0.3, -0.25) is 4.79 Å². The van der Waals surface area contributed by atoms with Crippen LogP contribution in [-0.2, 0) is 4.79 Å². The van der Waals surface area contributed by atoms with Gasteiger partial charge >= 0.3 is 0 Å². The molecule has 1 N–H and O–H groups in total. The van der Waals surface area contributed by atoms with Crippen LogP contribution in [0.25, 0.3) is 11.3 Å². The second kappa shape index (κ2) is 9.38. The summed E-state index contributed by atoms with van der Waals surface area (Å²) in [5.41, 5.74) is 3.24. The first-order valence-electron chi connectivity index (χ1n) is 11.2. The molecule has 4 rings (SSSR count). The summed E-state index contributed by atoms with van der Waals surface area (Å²) in [6, 6.07) is 12.7. The molecule has 2 aromatic rings. The van der Waals surface area contributed by atoms with Gasteiger partial charge in [0, 0.05) is 30.6 Å². The van der Waals surface area contributed by atoms with E-state index in [-0.39, 0.29) is 11.8 Å². The summed E-state index contributed by atoms with van der Waals surface area (Å²) in [7, 11) is 0. The van der Waals surface area contributed by atoms with Crippen molar-refractivity contribution < 1.29 is 4.79 Å². The summed E-state index contributed by atoms with van der Waals surface area (Å²) < 4.78 is 0. The molecule has 1 amide bonds. The summed E-state index contributed by atoms with van der Waals surface area (Å²) in [5, 5.41) is 12.3. The molecule has 29 heavy (non-hydrogen) atoms. The maximum absolute atomic E-state index is 12.7. The molecule has 5 nitrogen and oxygen atoms in total. The number of carbonyl (C=O) groups excluding carboxylic acids is 1. The van der Waals surface area contributed by atoms with Gasteiger partial charge in [-0.25, -0.2) is 0 Å². The summed E-state index contributed by atoms with van der Waals surface area (Å²) in [5.74, 6) is 1.30. The molecule has 0 spiro atoms. The van der Waals surface area contributed by atoms with Crippen LogP contribution in [0.2, 0.25) is 0 Å². The van der Waals surface area contributed by atoms with Crippen molar-refractivity contribution in [3.8, 4) is 11.3 Å². The molecule has 2 aliphatic rings. The minimum Gasteiger partial charge on any atom is -0.355 e. The first kappa shape index (κ1) is 19.9. The number of nitrogens with one attached hydrogen (secondary N) is 1. The minimum absolute atomic E-state index is 0.133. The lowest BCUT2D eigenvalue weighted by Crippen LogP contribution is -2.44. The first-order chi connectivity index (χ1) is 14.2. The normalized spacial score (nSPS) is 19.0. The third-order valence-corrected chi connectivity index (χ3v) is 6.46. The van der Waals surface area contributed by atoms with E-state index in [9.17, 15) is 4.79 Å². The Labute approximate surface area is 173 Å². The highest BCUT2D eigenvalue weighted by molar-refractivity contribution is 5.79. The fraction of sp³-hybridized carbons (Fsp3) is 0.542. The van der Waals surface area contributed by atoms with Gasteiger partial charge in [0.25, 0.3) is 0 Å². The minimum atomic E-state index is 0.133. The number of carbonyl (C=O) groups is 1. The van der Waals surface area contributed by atoms with E-state index in [1.807, 2.05) is 12.1 Å². The van der Waals surface area contributed by atoms with Gasteiger partial charge in [0.2, 0.25) is 5.91 Å². The van der Waals surface area contributed by atoms with E-state index in [2.05, 4.69) is 51.6 Å². The van der Waals surface area contributed by atoms with Crippen molar-refractivity contribution in [1.29, 1.82) is 0 Å². The maximum atomic E-state index is 12.7. The van der Waals surface area contributed by atoms with E-state index in [1.165, 1.54) is 31.2 Å². The van der Waals surface area contributed by atoms with E-state index in [1.54, 1.807) is 0 Å². The first-order valence-corrected chi connectivity index (χ1v) is 11.2. The lowest BCUT2D eigenvalue weighted by atomic mass is 9.95. The van der Waals surface area contributed by atoms with Gasteiger partial charge in [-0.2, -0.15) is 0 Å². The predicted molar refractivity (Wildman–Crippen MR) is 117 cm³/mol. The smallest absolute Gasteiger partial charge is 0.223 e. The van der Waals surface area contributed by atoms with Gasteiger partial charge in [0.05, 0.1) is 5.69 Å². The number of amides is 1. The van der Waals surface area contributed by atoms with E-state index in [4.69, 9.17) is 0 Å². The van der Waals surface area contributed by atoms with Crippen LogP contribution in [0.15, 0.2) is 36.4 Å². The summed E-state index contributed by atoms with van der Waals surface area (Å²) in [4.78, 5) is 15.0. The summed E-state index contributed by atoms with van der Waals surface area (Å²) in [6.07, 6.45) is 9.20. The molecule has 1 saturated heterocycles. The molecule has 5 heteroatoms. The van der Waals surface area contributed by atoms with Crippen molar-refractivity contribution in [1.82, 2.24) is 15.5 Å². The van der Waals surface area contributed by atoms with Crippen molar-refractivity contribution in [3.05, 3.63) is 42.0 Å². The van der Waals surface area contributed by atoms with Crippen molar-refractivity contribution in [2.24, 2.45) is 5.92 Å². The molecule has 154 valence electrons. The average Bonchev–Trinajstić information content (AvgIpc) is 3.03. The van der Waals surface area contributed by atoms with Crippen LogP contribution in [-0.4, -0.2) is 35.2 Å². The molecule has 0 unspecified atom stereocenters. The zero-order chi connectivity index (χ0) is 20.1. The second-order valence-corrected chi connectivity index (χ2v) is 8.55. The Kier molecular flexibility index (Phi) is 6.43. The van der Waals surface area contributed by atoms with Crippen LogP contribution in [0.4, 0.5) is 5.82 Å². The van der Waals surface area contributed by atoms with Crippen LogP contribution in [0.1, 0.15) is 56.9 Å². The molecule has 1 aliphatic heterocycles. The second-order valence-electron chi connectivity index (χ2n) is 8.55. The summed E-state index contributed by atoms with van der Waals surface area (Å²) in [6.45, 7) is 3.82. The molecule has 1 aliphatic carbocycles. The van der Waals surface area contributed by atoms with Crippen molar-refractivity contribution in [2.45, 2.75) is 64.3 Å². The molecule has 1 aromatic heterocycles. The number of benzene rings is 1. The highest BCUT2D eigenvalue weighted by Crippen LogP contribution is 2.25. The van der Waals surface area contributed by atoms with E-state index in [0.29, 0.717) is 6.04 Å². The Bertz CT molecular complexity index is 804. The lowest BCUT2D eigenvalue weighted by Gasteiger charge is -2.32. The van der Waals surface area contributed by atoms with Crippen LogP contribution in [0.3, 0.4) is 0 Å². The maximum Gasteiger partial charge on any atom is 0.223 e. The number of aromatic nitrogens is 2. The molecular weight excluding hydrogens is 360 g/mol. The largest absolute Gasteiger partial charge is 0.355 e. The molecule has 0 radical (unpaired) electrons. The number of piperidine rings is 1. The van der Waals surface area contributed by atoms with Crippen LogP contribution in [0.5, 0.6) is 0 Å². The number of anilines is 1. The number of nitrogens with zero attached hydrogens (tertiary/aromatic N) is 3. The zero-order valence-corrected chi connectivity index (χ0v) is 17.4. The predicted octanol–water partition coefficient (Wildman–Crippen LogP) is 4.51. The number of rotatable bonds is 4.